The molecule has 2 unspecified atom stereocenters. The first-order chi connectivity index (χ1) is 7.98. The lowest BCUT2D eigenvalue weighted by atomic mass is 10.0. The number of ether oxygens (including phenoxy) is 1. The van der Waals surface area contributed by atoms with Gasteiger partial charge in [0.05, 0.1) is 17.3 Å². The molecule has 1 aliphatic heterocycles. The van der Waals surface area contributed by atoms with Crippen LogP contribution in [-0.2, 0) is 14.3 Å². The van der Waals surface area contributed by atoms with Crippen LogP contribution in [0, 0.1) is 0 Å². The van der Waals surface area contributed by atoms with E-state index in [1.807, 2.05) is 6.92 Å². The van der Waals surface area contributed by atoms with E-state index < -0.39 is 12.1 Å². The van der Waals surface area contributed by atoms with Gasteiger partial charge in [0, 0.05) is 13.7 Å². The molecule has 2 N–H and O–H groups in total. The number of carboxylic acid groups (broad SMARTS) is 1. The highest BCUT2D eigenvalue weighted by Crippen LogP contribution is 2.37. The summed E-state index contributed by atoms with van der Waals surface area (Å²) in [6.07, 6.45) is 1.37. The van der Waals surface area contributed by atoms with Crippen molar-refractivity contribution in [2.24, 2.45) is 0 Å². The van der Waals surface area contributed by atoms with Gasteiger partial charge in [0.15, 0.2) is 0 Å². The standard InChI is InChI=1S/C11H19NO4S/c1-11(4-3-5-17-11)10(15)12-7-8(16-2)6-9(13)14/h8H,3-7H2,1-2H3,(H,12,15)(H,13,14). The molecule has 1 heterocycles. The first-order valence-electron chi connectivity index (χ1n) is 5.65. The summed E-state index contributed by atoms with van der Waals surface area (Å²) in [5.41, 5.74) is 0. The van der Waals surface area contributed by atoms with Crippen molar-refractivity contribution in [2.75, 3.05) is 19.4 Å². The summed E-state index contributed by atoms with van der Waals surface area (Å²) >= 11 is 1.66. The first kappa shape index (κ1) is 14.3. The Morgan fingerprint density at radius 1 is 1.59 bits per heavy atom. The van der Waals surface area contributed by atoms with Crippen LogP contribution in [0.2, 0.25) is 0 Å². The summed E-state index contributed by atoms with van der Waals surface area (Å²) in [6, 6.07) is 0. The normalized spacial score (nSPS) is 25.5. The SMILES string of the molecule is COC(CNC(=O)C1(C)CCCS1)CC(=O)O. The van der Waals surface area contributed by atoms with Crippen LogP contribution in [0.1, 0.15) is 26.2 Å². The van der Waals surface area contributed by atoms with Crippen LogP contribution >= 0.6 is 11.8 Å². The van der Waals surface area contributed by atoms with Crippen molar-refractivity contribution in [3.05, 3.63) is 0 Å². The number of hydrogen-bond acceptors (Lipinski definition) is 4. The zero-order valence-electron chi connectivity index (χ0n) is 10.2. The van der Waals surface area contributed by atoms with E-state index in [0.717, 1.165) is 18.6 Å². The van der Waals surface area contributed by atoms with E-state index in [1.165, 1.54) is 7.11 Å². The fourth-order valence-corrected chi connectivity index (χ4v) is 3.02. The maximum Gasteiger partial charge on any atom is 0.306 e. The van der Waals surface area contributed by atoms with Crippen molar-refractivity contribution in [3.63, 3.8) is 0 Å². The van der Waals surface area contributed by atoms with Crippen molar-refractivity contribution in [2.45, 2.75) is 37.0 Å². The molecule has 2 atom stereocenters. The monoisotopic (exact) mass is 261 g/mol. The molecule has 17 heavy (non-hydrogen) atoms. The van der Waals surface area contributed by atoms with E-state index in [0.29, 0.717) is 0 Å². The molecule has 0 aromatic rings. The number of rotatable bonds is 6. The van der Waals surface area contributed by atoms with Gasteiger partial charge in [-0.1, -0.05) is 0 Å². The number of carboxylic acids is 1. The molecule has 0 aliphatic carbocycles. The van der Waals surface area contributed by atoms with Crippen molar-refractivity contribution < 1.29 is 19.4 Å². The lowest BCUT2D eigenvalue weighted by Gasteiger charge is -2.23. The number of carbonyl (C=O) groups is 2. The second-order valence-electron chi connectivity index (χ2n) is 4.35. The van der Waals surface area contributed by atoms with Crippen molar-refractivity contribution in [1.29, 1.82) is 0 Å². The highest BCUT2D eigenvalue weighted by atomic mass is 32.2. The van der Waals surface area contributed by atoms with E-state index >= 15 is 0 Å². The Morgan fingerprint density at radius 3 is 2.76 bits per heavy atom. The summed E-state index contributed by atoms with van der Waals surface area (Å²) in [4.78, 5) is 22.5. The third-order valence-electron chi connectivity index (χ3n) is 2.93. The molecule has 1 saturated heterocycles. The molecular weight excluding hydrogens is 242 g/mol. The van der Waals surface area contributed by atoms with Gasteiger partial charge >= 0.3 is 5.97 Å². The molecule has 1 fully saturated rings. The zero-order chi connectivity index (χ0) is 12.9. The largest absolute Gasteiger partial charge is 0.481 e. The van der Waals surface area contributed by atoms with Crippen LogP contribution in [-0.4, -0.2) is 47.2 Å². The van der Waals surface area contributed by atoms with Gasteiger partial charge in [-0.3, -0.25) is 9.59 Å². The highest BCUT2D eigenvalue weighted by Gasteiger charge is 2.37. The van der Waals surface area contributed by atoms with Gasteiger partial charge in [-0.15, -0.1) is 11.8 Å². The van der Waals surface area contributed by atoms with Gasteiger partial charge in [-0.25, -0.2) is 0 Å². The van der Waals surface area contributed by atoms with Crippen molar-refractivity contribution in [1.82, 2.24) is 5.32 Å². The number of methoxy groups -OCH3 is 1. The highest BCUT2D eigenvalue weighted by molar-refractivity contribution is 8.01. The second-order valence-corrected chi connectivity index (χ2v) is 5.95. The number of amides is 1. The molecular formula is C11H19NO4S. The fraction of sp³-hybridized carbons (Fsp3) is 0.818. The van der Waals surface area contributed by atoms with Crippen LogP contribution in [0.15, 0.2) is 0 Å². The van der Waals surface area contributed by atoms with E-state index in [-0.39, 0.29) is 23.6 Å². The van der Waals surface area contributed by atoms with Gasteiger partial charge in [0.1, 0.15) is 0 Å². The van der Waals surface area contributed by atoms with Crippen LogP contribution in [0.4, 0.5) is 0 Å². The summed E-state index contributed by atoms with van der Waals surface area (Å²) in [5.74, 6) is 0.0622. The maximum absolute atomic E-state index is 11.9. The summed E-state index contributed by atoms with van der Waals surface area (Å²) < 4.78 is 4.65. The number of thioether (sulfide) groups is 1. The van der Waals surface area contributed by atoms with E-state index in [1.54, 1.807) is 11.8 Å². The van der Waals surface area contributed by atoms with Crippen LogP contribution < -0.4 is 5.32 Å². The Kier molecular flexibility index (Phi) is 5.27. The molecule has 0 radical (unpaired) electrons. The molecule has 0 saturated carbocycles. The Balaban J connectivity index is 2.38. The van der Waals surface area contributed by atoms with Gasteiger partial charge in [0.25, 0.3) is 0 Å². The minimum absolute atomic E-state index is 0.0209. The molecule has 1 rings (SSSR count). The number of hydrogen-bond donors (Lipinski definition) is 2. The van der Waals surface area contributed by atoms with Gasteiger partial charge < -0.3 is 15.2 Å². The van der Waals surface area contributed by atoms with E-state index in [2.05, 4.69) is 5.32 Å². The van der Waals surface area contributed by atoms with Crippen LogP contribution in [0.25, 0.3) is 0 Å². The molecule has 1 aliphatic rings. The Hall–Kier alpha value is -0.750. The van der Waals surface area contributed by atoms with Gasteiger partial charge in [-0.2, -0.15) is 0 Å². The predicted octanol–water partition coefficient (Wildman–Crippen LogP) is 0.878. The van der Waals surface area contributed by atoms with Crippen molar-refractivity contribution in [3.8, 4) is 0 Å². The smallest absolute Gasteiger partial charge is 0.306 e. The number of aliphatic carboxylic acids is 1. The Labute approximate surface area is 105 Å². The molecule has 0 aromatic heterocycles. The first-order valence-corrected chi connectivity index (χ1v) is 6.63. The lowest BCUT2D eigenvalue weighted by Crippen LogP contribution is -2.44. The summed E-state index contributed by atoms with van der Waals surface area (Å²) in [6.45, 7) is 2.18. The number of carbonyl (C=O) groups excluding carboxylic acids is 1. The molecule has 0 aromatic carbocycles. The van der Waals surface area contributed by atoms with E-state index in [4.69, 9.17) is 9.84 Å². The molecule has 6 heteroatoms. The van der Waals surface area contributed by atoms with Crippen molar-refractivity contribution >= 4 is 23.6 Å². The average Bonchev–Trinajstić information content (AvgIpc) is 2.71. The fourth-order valence-electron chi connectivity index (χ4n) is 1.79. The quantitative estimate of drug-likeness (QED) is 0.742. The minimum Gasteiger partial charge on any atom is -0.481 e. The topological polar surface area (TPSA) is 75.6 Å². The summed E-state index contributed by atoms with van der Waals surface area (Å²) in [7, 11) is 1.45. The zero-order valence-corrected chi connectivity index (χ0v) is 11.0. The van der Waals surface area contributed by atoms with Gasteiger partial charge in [0.2, 0.25) is 5.91 Å². The number of nitrogens with one attached hydrogen (secondary N) is 1. The average molecular weight is 261 g/mol. The molecule has 0 bridgehead atoms. The Bertz CT molecular complexity index is 289. The third kappa shape index (κ3) is 4.20. The minimum atomic E-state index is -0.924. The second kappa shape index (κ2) is 6.26. The van der Waals surface area contributed by atoms with Gasteiger partial charge in [-0.05, 0) is 25.5 Å². The van der Waals surface area contributed by atoms with Crippen LogP contribution in [0.5, 0.6) is 0 Å². The molecule has 1 amide bonds. The predicted molar refractivity (Wildman–Crippen MR) is 66.2 cm³/mol. The van der Waals surface area contributed by atoms with E-state index in [9.17, 15) is 9.59 Å². The lowest BCUT2D eigenvalue weighted by molar-refractivity contribution is -0.140. The molecule has 5 nitrogen and oxygen atoms in total. The third-order valence-corrected chi connectivity index (χ3v) is 4.44. The summed E-state index contributed by atoms with van der Waals surface area (Å²) in [5, 5.41) is 11.4. The molecule has 0 spiro atoms. The Morgan fingerprint density at radius 2 is 2.29 bits per heavy atom. The maximum atomic E-state index is 11.9. The molecule has 98 valence electrons. The van der Waals surface area contributed by atoms with Crippen LogP contribution in [0.3, 0.4) is 0 Å².